The molecule has 0 aromatic carbocycles. The van der Waals surface area contributed by atoms with Crippen LogP contribution in [0.3, 0.4) is 0 Å². The average molecular weight is 284 g/mol. The first-order valence-corrected chi connectivity index (χ1v) is 14.3. The molecule has 0 heterocycles. The van der Waals surface area contributed by atoms with Gasteiger partial charge in [0.05, 0.1) is 0 Å². The van der Waals surface area contributed by atoms with E-state index in [4.69, 9.17) is 0 Å². The summed E-state index contributed by atoms with van der Waals surface area (Å²) >= 11 is 0. The molecule has 1 aliphatic rings. The van der Waals surface area contributed by atoms with Crippen molar-refractivity contribution in [3.63, 3.8) is 0 Å². The van der Waals surface area contributed by atoms with Crippen molar-refractivity contribution in [2.75, 3.05) is 0 Å². The topological polar surface area (TPSA) is 12.0 Å². The molecule has 1 unspecified atom stereocenters. The van der Waals surface area contributed by atoms with Gasteiger partial charge in [-0.1, -0.05) is 49.1 Å². The SMILES string of the molecule is CC1=C(C)C([SiH3])C([Si](C)(C)N[Si](C)(C)C)=C1C. The fraction of sp³-hybridized carbons (Fsp3) is 0.692. The van der Waals surface area contributed by atoms with Crippen LogP contribution in [0.2, 0.25) is 38.3 Å². The summed E-state index contributed by atoms with van der Waals surface area (Å²) in [5.41, 5.74) is 5.60. The Hall–Kier alpha value is 0.0906. The van der Waals surface area contributed by atoms with Crippen LogP contribution in [0.1, 0.15) is 20.8 Å². The van der Waals surface area contributed by atoms with E-state index in [9.17, 15) is 0 Å². The molecule has 0 radical (unpaired) electrons. The molecule has 0 saturated heterocycles. The maximum atomic E-state index is 4.05. The molecule has 0 aliphatic heterocycles. The van der Waals surface area contributed by atoms with Gasteiger partial charge in [-0.25, -0.2) is 0 Å². The highest BCUT2D eigenvalue weighted by Crippen LogP contribution is 2.42. The Morgan fingerprint density at radius 1 is 0.941 bits per heavy atom. The van der Waals surface area contributed by atoms with Crippen LogP contribution in [-0.2, 0) is 0 Å². The number of allylic oxidation sites excluding steroid dienone is 4. The van der Waals surface area contributed by atoms with Crippen molar-refractivity contribution in [1.29, 1.82) is 0 Å². The van der Waals surface area contributed by atoms with E-state index in [1.165, 1.54) is 10.2 Å². The van der Waals surface area contributed by atoms with E-state index in [-0.39, 0.29) is 0 Å². The van der Waals surface area contributed by atoms with Gasteiger partial charge in [-0.2, -0.15) is 0 Å². The van der Waals surface area contributed by atoms with Gasteiger partial charge in [0.25, 0.3) is 0 Å². The molecule has 0 aromatic rings. The van der Waals surface area contributed by atoms with Crippen molar-refractivity contribution in [1.82, 2.24) is 4.65 Å². The van der Waals surface area contributed by atoms with Crippen molar-refractivity contribution in [2.24, 2.45) is 0 Å². The minimum absolute atomic E-state index is 0.792. The highest BCUT2D eigenvalue weighted by atomic mass is 28.4. The molecule has 0 bridgehead atoms. The van der Waals surface area contributed by atoms with Gasteiger partial charge < -0.3 is 4.65 Å². The fourth-order valence-electron chi connectivity index (χ4n) is 3.38. The zero-order chi connectivity index (χ0) is 13.6. The molecule has 1 aliphatic carbocycles. The predicted octanol–water partition coefficient (Wildman–Crippen LogP) is 2.98. The van der Waals surface area contributed by atoms with Crippen molar-refractivity contribution in [3.8, 4) is 0 Å². The van der Waals surface area contributed by atoms with Crippen LogP contribution < -0.4 is 4.65 Å². The number of hydrogen-bond acceptors (Lipinski definition) is 1. The van der Waals surface area contributed by atoms with Gasteiger partial charge >= 0.3 is 0 Å². The van der Waals surface area contributed by atoms with E-state index in [1.54, 1.807) is 21.9 Å². The Bertz CT molecular complexity index is 386. The molecule has 4 heteroatoms. The minimum atomic E-state index is -1.43. The second-order valence-electron chi connectivity index (χ2n) is 7.07. The number of hydrogen-bond donors (Lipinski definition) is 1. The summed E-state index contributed by atoms with van der Waals surface area (Å²) in [5, 5.41) is 1.79. The molecule has 0 spiro atoms. The Balaban J connectivity index is 3.11. The van der Waals surface area contributed by atoms with E-state index >= 15 is 0 Å². The smallest absolute Gasteiger partial charge is 0.141 e. The quantitative estimate of drug-likeness (QED) is 0.785. The van der Waals surface area contributed by atoms with Gasteiger partial charge in [-0.3, -0.25) is 0 Å². The zero-order valence-corrected chi connectivity index (χ0v) is 17.1. The lowest BCUT2D eigenvalue weighted by atomic mass is 10.1. The summed E-state index contributed by atoms with van der Waals surface area (Å²) in [6.45, 7) is 19.2. The predicted molar refractivity (Wildman–Crippen MR) is 88.7 cm³/mol. The van der Waals surface area contributed by atoms with E-state index < -0.39 is 16.5 Å². The van der Waals surface area contributed by atoms with Crippen molar-refractivity contribution in [3.05, 3.63) is 21.9 Å². The maximum absolute atomic E-state index is 4.05. The summed E-state index contributed by atoms with van der Waals surface area (Å²) in [6.07, 6.45) is 0. The largest absolute Gasteiger partial charge is 0.356 e. The standard InChI is InChI=1S/C13H29NSi3/c1-9-10(2)12(15)13(11(9)3)17(7,8)14-16(4,5)6/h12,14H,1-8,15H3. The molecular formula is C13H29NSi3. The van der Waals surface area contributed by atoms with Crippen molar-refractivity contribution in [2.45, 2.75) is 59.0 Å². The molecule has 98 valence electrons. The molecule has 1 N–H and O–H groups in total. The van der Waals surface area contributed by atoms with Crippen LogP contribution in [0, 0.1) is 0 Å². The fourth-order valence-corrected chi connectivity index (χ4v) is 16.9. The summed E-state index contributed by atoms with van der Waals surface area (Å²) in [6, 6.07) is 0. The Morgan fingerprint density at radius 2 is 1.41 bits per heavy atom. The first-order valence-electron chi connectivity index (χ1n) is 6.65. The maximum Gasteiger partial charge on any atom is 0.141 e. The number of nitrogens with one attached hydrogen (secondary N) is 1. The average Bonchev–Trinajstić information content (AvgIpc) is 2.27. The zero-order valence-electron chi connectivity index (χ0n) is 13.1. The van der Waals surface area contributed by atoms with Gasteiger partial charge in [0.15, 0.2) is 0 Å². The lowest BCUT2D eigenvalue weighted by Crippen LogP contribution is -2.59. The summed E-state index contributed by atoms with van der Waals surface area (Å²) in [4.78, 5) is 0. The van der Waals surface area contributed by atoms with Crippen molar-refractivity contribution >= 4 is 26.7 Å². The van der Waals surface area contributed by atoms with E-state index in [2.05, 4.69) is 58.2 Å². The van der Waals surface area contributed by atoms with Crippen LogP contribution in [0.15, 0.2) is 21.9 Å². The second-order valence-corrected chi connectivity index (χ2v) is 17.5. The first kappa shape index (κ1) is 15.1. The molecule has 0 aromatic heterocycles. The van der Waals surface area contributed by atoms with E-state index in [1.807, 2.05) is 0 Å². The molecular weight excluding hydrogens is 254 g/mol. The molecule has 1 atom stereocenters. The molecule has 0 fully saturated rings. The molecule has 0 amide bonds. The Kier molecular flexibility index (Phi) is 4.14. The third kappa shape index (κ3) is 3.10. The van der Waals surface area contributed by atoms with Crippen molar-refractivity contribution < 1.29 is 0 Å². The van der Waals surface area contributed by atoms with Gasteiger partial charge in [0.1, 0.15) is 16.5 Å². The normalized spacial score (nSPS) is 22.9. The summed E-state index contributed by atoms with van der Waals surface area (Å²) in [7, 11) is -1.36. The van der Waals surface area contributed by atoms with Crippen LogP contribution in [0.4, 0.5) is 0 Å². The van der Waals surface area contributed by atoms with Gasteiger partial charge in [-0.15, -0.1) is 0 Å². The second kappa shape index (κ2) is 4.64. The van der Waals surface area contributed by atoms with E-state index in [0.29, 0.717) is 0 Å². The van der Waals surface area contributed by atoms with Gasteiger partial charge in [0.2, 0.25) is 0 Å². The lowest BCUT2D eigenvalue weighted by molar-refractivity contribution is 1.15. The third-order valence-electron chi connectivity index (χ3n) is 4.00. The monoisotopic (exact) mass is 283 g/mol. The minimum Gasteiger partial charge on any atom is -0.356 e. The molecule has 1 nitrogen and oxygen atoms in total. The van der Waals surface area contributed by atoms with Crippen LogP contribution in [0.5, 0.6) is 0 Å². The Morgan fingerprint density at radius 3 is 1.71 bits per heavy atom. The van der Waals surface area contributed by atoms with Crippen LogP contribution in [-0.4, -0.2) is 26.7 Å². The molecule has 0 saturated carbocycles. The molecule has 17 heavy (non-hydrogen) atoms. The van der Waals surface area contributed by atoms with Gasteiger partial charge in [-0.05, 0) is 31.9 Å². The van der Waals surface area contributed by atoms with Crippen LogP contribution >= 0.6 is 0 Å². The summed E-state index contributed by atoms with van der Waals surface area (Å²) in [5.74, 6) is 0. The van der Waals surface area contributed by atoms with Crippen LogP contribution in [0.25, 0.3) is 0 Å². The highest BCUT2D eigenvalue weighted by molar-refractivity contribution is 6.94. The lowest BCUT2D eigenvalue weighted by Gasteiger charge is -2.36. The number of rotatable bonds is 3. The van der Waals surface area contributed by atoms with Gasteiger partial charge in [0, 0.05) is 10.2 Å². The van der Waals surface area contributed by atoms with E-state index in [0.717, 1.165) is 5.54 Å². The highest BCUT2D eigenvalue weighted by Gasteiger charge is 2.38. The third-order valence-corrected chi connectivity index (χ3v) is 13.7. The first-order chi connectivity index (χ1) is 7.47. The summed E-state index contributed by atoms with van der Waals surface area (Å²) < 4.78 is 4.05. The Labute approximate surface area is 112 Å². The molecule has 1 rings (SSSR count).